The number of aromatic nitrogens is 1. The van der Waals surface area contributed by atoms with Gasteiger partial charge in [-0.1, -0.05) is 47.5 Å². The maximum Gasteiger partial charge on any atom is 0.255 e. The molecule has 2 N–H and O–H groups in total. The third-order valence-corrected chi connectivity index (χ3v) is 3.93. The van der Waals surface area contributed by atoms with Crippen molar-refractivity contribution < 1.29 is 4.79 Å². The van der Waals surface area contributed by atoms with Crippen LogP contribution in [0.25, 0.3) is 0 Å². The molecule has 0 saturated carbocycles. The van der Waals surface area contributed by atoms with Crippen molar-refractivity contribution in [2.45, 2.75) is 20.4 Å². The Morgan fingerprint density at radius 3 is 2.12 bits per heavy atom. The lowest BCUT2D eigenvalue weighted by Gasteiger charge is -2.08. The summed E-state index contributed by atoms with van der Waals surface area (Å²) in [7, 11) is 0. The number of hydrogen-bond acceptors (Lipinski definition) is 3. The standard InChI is InChI=1S/C21H21N3O/c1-15-3-7-17(8-4-15)13-22-20-12-11-19(14-23-20)24-21(25)18-9-5-16(2)6-10-18/h3-12,14H,13H2,1-2H3,(H,22,23)(H,24,25). The van der Waals surface area contributed by atoms with E-state index in [4.69, 9.17) is 0 Å². The van der Waals surface area contributed by atoms with Gasteiger partial charge >= 0.3 is 0 Å². The van der Waals surface area contributed by atoms with Gasteiger partial charge in [0.05, 0.1) is 11.9 Å². The summed E-state index contributed by atoms with van der Waals surface area (Å²) in [6.45, 7) is 4.78. The minimum Gasteiger partial charge on any atom is -0.366 e. The number of aryl methyl sites for hydroxylation is 2. The van der Waals surface area contributed by atoms with Crippen LogP contribution < -0.4 is 10.6 Å². The predicted molar refractivity (Wildman–Crippen MR) is 102 cm³/mol. The van der Waals surface area contributed by atoms with Gasteiger partial charge in [0.2, 0.25) is 0 Å². The number of carbonyl (C=O) groups is 1. The number of benzene rings is 2. The molecule has 0 saturated heterocycles. The predicted octanol–water partition coefficient (Wildman–Crippen LogP) is 4.56. The molecule has 0 radical (unpaired) electrons. The van der Waals surface area contributed by atoms with Crippen molar-refractivity contribution in [3.05, 3.63) is 89.1 Å². The largest absolute Gasteiger partial charge is 0.366 e. The van der Waals surface area contributed by atoms with Crippen LogP contribution in [0, 0.1) is 13.8 Å². The Kier molecular flexibility index (Phi) is 5.09. The maximum absolute atomic E-state index is 12.2. The number of nitrogens with zero attached hydrogens (tertiary/aromatic N) is 1. The summed E-state index contributed by atoms with van der Waals surface area (Å²) in [6.07, 6.45) is 1.66. The summed E-state index contributed by atoms with van der Waals surface area (Å²) in [4.78, 5) is 16.5. The van der Waals surface area contributed by atoms with Crippen molar-refractivity contribution in [1.82, 2.24) is 4.98 Å². The van der Waals surface area contributed by atoms with Gasteiger partial charge in [-0.15, -0.1) is 0 Å². The van der Waals surface area contributed by atoms with E-state index < -0.39 is 0 Å². The Labute approximate surface area is 147 Å². The second-order valence-electron chi connectivity index (χ2n) is 6.09. The second-order valence-corrected chi connectivity index (χ2v) is 6.09. The van der Waals surface area contributed by atoms with E-state index in [0.29, 0.717) is 17.8 Å². The van der Waals surface area contributed by atoms with E-state index in [1.165, 1.54) is 11.1 Å². The average molecular weight is 331 g/mol. The summed E-state index contributed by atoms with van der Waals surface area (Å²) in [5.41, 5.74) is 4.88. The topological polar surface area (TPSA) is 54.0 Å². The van der Waals surface area contributed by atoms with E-state index in [0.717, 1.165) is 11.4 Å². The zero-order chi connectivity index (χ0) is 17.6. The molecule has 126 valence electrons. The van der Waals surface area contributed by atoms with Crippen LogP contribution in [0.2, 0.25) is 0 Å². The lowest BCUT2D eigenvalue weighted by atomic mass is 10.1. The Hall–Kier alpha value is -3.14. The minimum atomic E-state index is -0.137. The highest BCUT2D eigenvalue weighted by molar-refractivity contribution is 6.04. The lowest BCUT2D eigenvalue weighted by Crippen LogP contribution is -2.12. The van der Waals surface area contributed by atoms with Crippen LogP contribution in [-0.2, 0) is 6.54 Å². The fraction of sp³-hybridized carbons (Fsp3) is 0.143. The van der Waals surface area contributed by atoms with Crippen LogP contribution in [0.3, 0.4) is 0 Å². The molecule has 3 aromatic rings. The molecule has 2 aromatic carbocycles. The van der Waals surface area contributed by atoms with Gasteiger partial charge in [0.1, 0.15) is 5.82 Å². The number of hydrogen-bond donors (Lipinski definition) is 2. The fourth-order valence-electron chi connectivity index (χ4n) is 2.38. The van der Waals surface area contributed by atoms with Crippen LogP contribution >= 0.6 is 0 Å². The smallest absolute Gasteiger partial charge is 0.255 e. The van der Waals surface area contributed by atoms with Gasteiger partial charge in [0, 0.05) is 12.1 Å². The fourth-order valence-corrected chi connectivity index (χ4v) is 2.38. The summed E-state index contributed by atoms with van der Waals surface area (Å²) >= 11 is 0. The third-order valence-electron chi connectivity index (χ3n) is 3.93. The van der Waals surface area contributed by atoms with E-state index >= 15 is 0 Å². The summed E-state index contributed by atoms with van der Waals surface area (Å²) in [5, 5.41) is 6.13. The normalized spacial score (nSPS) is 10.3. The van der Waals surface area contributed by atoms with Gasteiger partial charge < -0.3 is 10.6 Å². The van der Waals surface area contributed by atoms with Gasteiger partial charge in [-0.05, 0) is 43.7 Å². The molecule has 0 atom stereocenters. The highest BCUT2D eigenvalue weighted by Crippen LogP contribution is 2.13. The quantitative estimate of drug-likeness (QED) is 0.720. The van der Waals surface area contributed by atoms with Gasteiger partial charge in [-0.25, -0.2) is 4.98 Å². The molecule has 0 unspecified atom stereocenters. The first kappa shape index (κ1) is 16.7. The molecule has 1 amide bonds. The van der Waals surface area contributed by atoms with Gasteiger partial charge in [0.25, 0.3) is 5.91 Å². The van der Waals surface area contributed by atoms with E-state index in [-0.39, 0.29) is 5.91 Å². The average Bonchev–Trinajstić information content (AvgIpc) is 2.63. The zero-order valence-corrected chi connectivity index (χ0v) is 14.4. The Morgan fingerprint density at radius 1 is 0.880 bits per heavy atom. The zero-order valence-electron chi connectivity index (χ0n) is 14.4. The first-order valence-electron chi connectivity index (χ1n) is 8.24. The molecule has 0 spiro atoms. The number of rotatable bonds is 5. The molecule has 1 aromatic heterocycles. The van der Waals surface area contributed by atoms with Crippen molar-refractivity contribution in [1.29, 1.82) is 0 Å². The number of nitrogens with one attached hydrogen (secondary N) is 2. The highest BCUT2D eigenvalue weighted by atomic mass is 16.1. The molecule has 0 bridgehead atoms. The van der Waals surface area contributed by atoms with E-state index in [1.807, 2.05) is 43.3 Å². The SMILES string of the molecule is Cc1ccc(CNc2ccc(NC(=O)c3ccc(C)cc3)cn2)cc1. The number of amides is 1. The first-order valence-corrected chi connectivity index (χ1v) is 8.24. The molecule has 25 heavy (non-hydrogen) atoms. The molecule has 4 nitrogen and oxygen atoms in total. The molecule has 3 rings (SSSR count). The highest BCUT2D eigenvalue weighted by Gasteiger charge is 2.06. The number of carbonyl (C=O) groups excluding carboxylic acids is 1. The summed E-state index contributed by atoms with van der Waals surface area (Å²) < 4.78 is 0. The van der Waals surface area contributed by atoms with Crippen molar-refractivity contribution in [3.8, 4) is 0 Å². The van der Waals surface area contributed by atoms with E-state index in [9.17, 15) is 4.79 Å². The van der Waals surface area contributed by atoms with Crippen LogP contribution in [0.4, 0.5) is 11.5 Å². The Morgan fingerprint density at radius 2 is 1.52 bits per heavy atom. The molecule has 1 heterocycles. The summed E-state index contributed by atoms with van der Waals surface area (Å²) in [5.74, 6) is 0.635. The van der Waals surface area contributed by atoms with Crippen molar-refractivity contribution in [2.24, 2.45) is 0 Å². The molecule has 0 fully saturated rings. The number of anilines is 2. The molecule has 4 heteroatoms. The van der Waals surface area contributed by atoms with Crippen molar-refractivity contribution in [2.75, 3.05) is 10.6 Å². The van der Waals surface area contributed by atoms with E-state index in [2.05, 4.69) is 46.8 Å². The van der Waals surface area contributed by atoms with Crippen LogP contribution in [-0.4, -0.2) is 10.9 Å². The molecule has 0 aliphatic heterocycles. The van der Waals surface area contributed by atoms with Crippen LogP contribution in [0.15, 0.2) is 66.9 Å². The number of pyridine rings is 1. The third kappa shape index (κ3) is 4.67. The van der Waals surface area contributed by atoms with Gasteiger partial charge in [-0.3, -0.25) is 4.79 Å². The van der Waals surface area contributed by atoms with Gasteiger partial charge in [-0.2, -0.15) is 0 Å². The van der Waals surface area contributed by atoms with Gasteiger partial charge in [0.15, 0.2) is 0 Å². The summed E-state index contributed by atoms with van der Waals surface area (Å²) in [6, 6.07) is 19.6. The second kappa shape index (κ2) is 7.62. The Balaban J connectivity index is 1.57. The van der Waals surface area contributed by atoms with Crippen LogP contribution in [0.5, 0.6) is 0 Å². The van der Waals surface area contributed by atoms with Crippen molar-refractivity contribution >= 4 is 17.4 Å². The Bertz CT molecular complexity index is 838. The lowest BCUT2D eigenvalue weighted by molar-refractivity contribution is 0.102. The molecular formula is C21H21N3O. The molecule has 0 aliphatic carbocycles. The van der Waals surface area contributed by atoms with Crippen molar-refractivity contribution in [3.63, 3.8) is 0 Å². The van der Waals surface area contributed by atoms with Crippen LogP contribution in [0.1, 0.15) is 27.0 Å². The van der Waals surface area contributed by atoms with E-state index in [1.54, 1.807) is 6.20 Å². The first-order chi connectivity index (χ1) is 12.1. The molecule has 0 aliphatic rings. The minimum absolute atomic E-state index is 0.137. The molecular weight excluding hydrogens is 310 g/mol. The monoisotopic (exact) mass is 331 g/mol. The maximum atomic E-state index is 12.2.